The SMILES string of the molecule is CCC(=O)c1sc(-c2ccc(N3CCN(C)CC3)cc2)c(C)c1-c1ccccc1. The van der Waals surface area contributed by atoms with Crippen LogP contribution in [-0.4, -0.2) is 43.9 Å². The molecular formula is C25H28N2OS. The third-order valence-electron chi connectivity index (χ3n) is 5.78. The summed E-state index contributed by atoms with van der Waals surface area (Å²) in [5, 5.41) is 0. The molecule has 0 atom stereocenters. The van der Waals surface area contributed by atoms with Crippen molar-refractivity contribution in [3.8, 4) is 21.6 Å². The summed E-state index contributed by atoms with van der Waals surface area (Å²) in [6.07, 6.45) is 0.529. The Labute approximate surface area is 177 Å². The van der Waals surface area contributed by atoms with Gasteiger partial charge >= 0.3 is 0 Å². The first kappa shape index (κ1) is 19.9. The molecular weight excluding hydrogens is 376 g/mol. The Morgan fingerprint density at radius 2 is 1.59 bits per heavy atom. The molecule has 1 aliphatic rings. The van der Waals surface area contributed by atoms with Crippen LogP contribution in [0, 0.1) is 6.92 Å². The normalized spacial score (nSPS) is 14.9. The smallest absolute Gasteiger partial charge is 0.173 e. The monoisotopic (exact) mass is 404 g/mol. The van der Waals surface area contributed by atoms with E-state index in [0.29, 0.717) is 6.42 Å². The number of thiophene rings is 1. The number of anilines is 1. The summed E-state index contributed by atoms with van der Waals surface area (Å²) in [5.41, 5.74) is 5.89. The minimum atomic E-state index is 0.220. The summed E-state index contributed by atoms with van der Waals surface area (Å²) >= 11 is 1.64. The van der Waals surface area contributed by atoms with Gasteiger partial charge < -0.3 is 9.80 Å². The fourth-order valence-electron chi connectivity index (χ4n) is 3.99. The standard InChI is InChI=1S/C25H28N2OS/c1-4-22(28)25-23(19-8-6-5-7-9-19)18(2)24(29-25)20-10-12-21(13-11-20)27-16-14-26(3)15-17-27/h5-13H,4,14-17H2,1-3H3. The fraction of sp³-hybridized carbons (Fsp3) is 0.320. The van der Waals surface area contributed by atoms with Crippen LogP contribution in [0.4, 0.5) is 5.69 Å². The number of Topliss-reactive ketones (excluding diaryl/α,β-unsaturated/α-hetero) is 1. The highest BCUT2D eigenvalue weighted by Crippen LogP contribution is 2.42. The molecule has 4 heteroatoms. The molecule has 0 unspecified atom stereocenters. The summed E-state index contributed by atoms with van der Waals surface area (Å²) in [6, 6.07) is 19.2. The molecule has 4 rings (SSSR count). The number of nitrogens with zero attached hydrogens (tertiary/aromatic N) is 2. The second kappa shape index (κ2) is 8.52. The Morgan fingerprint density at radius 1 is 0.931 bits per heavy atom. The van der Waals surface area contributed by atoms with Gasteiger partial charge in [-0.1, -0.05) is 49.4 Å². The lowest BCUT2D eigenvalue weighted by atomic mass is 9.97. The maximum atomic E-state index is 12.7. The van der Waals surface area contributed by atoms with E-state index in [-0.39, 0.29) is 5.78 Å². The van der Waals surface area contributed by atoms with Gasteiger partial charge in [-0.15, -0.1) is 11.3 Å². The number of carbonyl (C=O) groups excluding carboxylic acids is 1. The summed E-state index contributed by atoms with van der Waals surface area (Å²) in [6.45, 7) is 8.44. The van der Waals surface area contributed by atoms with Gasteiger partial charge in [0.25, 0.3) is 0 Å². The molecule has 0 aliphatic carbocycles. The first-order valence-corrected chi connectivity index (χ1v) is 11.2. The van der Waals surface area contributed by atoms with Crippen LogP contribution in [0.2, 0.25) is 0 Å². The third kappa shape index (κ3) is 4.00. The maximum absolute atomic E-state index is 12.7. The molecule has 0 bridgehead atoms. The molecule has 0 N–H and O–H groups in total. The molecule has 0 amide bonds. The van der Waals surface area contributed by atoms with Crippen molar-refractivity contribution in [2.45, 2.75) is 20.3 Å². The van der Waals surface area contributed by atoms with Crippen molar-refractivity contribution in [1.82, 2.24) is 4.90 Å². The van der Waals surface area contributed by atoms with Gasteiger partial charge in [-0.25, -0.2) is 0 Å². The molecule has 1 aliphatic heterocycles. The average Bonchev–Trinajstić information content (AvgIpc) is 3.11. The van der Waals surface area contributed by atoms with Crippen LogP contribution in [0.15, 0.2) is 54.6 Å². The Balaban J connectivity index is 1.70. The lowest BCUT2D eigenvalue weighted by Gasteiger charge is -2.34. The largest absolute Gasteiger partial charge is 0.369 e. The Bertz CT molecular complexity index is 984. The van der Waals surface area contributed by atoms with E-state index in [2.05, 4.69) is 60.2 Å². The van der Waals surface area contributed by atoms with Gasteiger partial charge in [0.1, 0.15) is 0 Å². The Morgan fingerprint density at radius 3 is 2.21 bits per heavy atom. The molecule has 3 nitrogen and oxygen atoms in total. The highest BCUT2D eigenvalue weighted by molar-refractivity contribution is 7.18. The first-order chi connectivity index (χ1) is 14.1. The van der Waals surface area contributed by atoms with E-state index < -0.39 is 0 Å². The molecule has 0 spiro atoms. The van der Waals surface area contributed by atoms with Crippen LogP contribution < -0.4 is 4.90 Å². The molecule has 1 aromatic heterocycles. The van der Waals surface area contributed by atoms with Crippen molar-refractivity contribution in [1.29, 1.82) is 0 Å². The number of likely N-dealkylation sites (N-methyl/N-ethyl adjacent to an activating group) is 1. The number of ketones is 1. The number of piperazine rings is 1. The van der Waals surface area contributed by atoms with Crippen LogP contribution in [0.1, 0.15) is 28.6 Å². The van der Waals surface area contributed by atoms with Crippen molar-refractivity contribution in [2.24, 2.45) is 0 Å². The van der Waals surface area contributed by atoms with Crippen molar-refractivity contribution >= 4 is 22.8 Å². The van der Waals surface area contributed by atoms with Crippen molar-refractivity contribution in [2.75, 3.05) is 38.1 Å². The van der Waals surface area contributed by atoms with Gasteiger partial charge in [-0.3, -0.25) is 4.79 Å². The molecule has 29 heavy (non-hydrogen) atoms. The third-order valence-corrected chi connectivity index (χ3v) is 7.16. The summed E-state index contributed by atoms with van der Waals surface area (Å²) in [5.74, 6) is 0.220. The lowest BCUT2D eigenvalue weighted by Crippen LogP contribution is -2.44. The minimum absolute atomic E-state index is 0.220. The van der Waals surface area contributed by atoms with Crippen LogP contribution in [-0.2, 0) is 0 Å². The van der Waals surface area contributed by atoms with Gasteiger partial charge in [0, 0.05) is 48.7 Å². The summed E-state index contributed by atoms with van der Waals surface area (Å²) in [4.78, 5) is 19.6. The maximum Gasteiger partial charge on any atom is 0.173 e. The van der Waals surface area contributed by atoms with Crippen LogP contribution in [0.3, 0.4) is 0 Å². The number of carbonyl (C=O) groups is 1. The molecule has 3 aromatic rings. The zero-order valence-corrected chi connectivity index (χ0v) is 18.3. The summed E-state index contributed by atoms with van der Waals surface area (Å²) < 4.78 is 0. The second-order valence-corrected chi connectivity index (χ2v) is 8.76. The second-order valence-electron chi connectivity index (χ2n) is 7.74. The van der Waals surface area contributed by atoms with Gasteiger partial charge in [0.15, 0.2) is 5.78 Å². The zero-order chi connectivity index (χ0) is 20.4. The van der Waals surface area contributed by atoms with Gasteiger partial charge in [0.05, 0.1) is 4.88 Å². The number of rotatable bonds is 5. The molecule has 2 aromatic carbocycles. The molecule has 1 saturated heterocycles. The van der Waals surface area contributed by atoms with E-state index in [0.717, 1.165) is 42.2 Å². The first-order valence-electron chi connectivity index (χ1n) is 10.3. The van der Waals surface area contributed by atoms with Gasteiger partial charge in [-0.2, -0.15) is 0 Å². The van der Waals surface area contributed by atoms with E-state index >= 15 is 0 Å². The zero-order valence-electron chi connectivity index (χ0n) is 17.4. The topological polar surface area (TPSA) is 23.6 Å². The minimum Gasteiger partial charge on any atom is -0.369 e. The lowest BCUT2D eigenvalue weighted by molar-refractivity contribution is 0.0992. The van der Waals surface area contributed by atoms with E-state index in [4.69, 9.17) is 0 Å². The Kier molecular flexibility index (Phi) is 5.84. The fourth-order valence-corrected chi connectivity index (χ4v) is 5.33. The summed E-state index contributed by atoms with van der Waals surface area (Å²) in [7, 11) is 2.18. The Hall–Kier alpha value is -2.43. The van der Waals surface area contributed by atoms with Gasteiger partial charge in [-0.05, 0) is 42.8 Å². The average molecular weight is 405 g/mol. The van der Waals surface area contributed by atoms with Crippen LogP contribution in [0.5, 0.6) is 0 Å². The quantitative estimate of drug-likeness (QED) is 0.507. The van der Waals surface area contributed by atoms with E-state index in [1.807, 2.05) is 25.1 Å². The van der Waals surface area contributed by atoms with Crippen LogP contribution >= 0.6 is 11.3 Å². The predicted octanol–water partition coefficient (Wildman–Crippen LogP) is 5.74. The molecule has 0 radical (unpaired) electrons. The van der Waals surface area contributed by atoms with Crippen LogP contribution in [0.25, 0.3) is 21.6 Å². The highest BCUT2D eigenvalue weighted by atomic mass is 32.1. The predicted molar refractivity (Wildman–Crippen MR) is 124 cm³/mol. The highest BCUT2D eigenvalue weighted by Gasteiger charge is 2.22. The molecule has 1 fully saturated rings. The molecule has 2 heterocycles. The number of hydrogen-bond acceptors (Lipinski definition) is 4. The van der Waals surface area contributed by atoms with Crippen molar-refractivity contribution in [3.05, 3.63) is 65.0 Å². The van der Waals surface area contributed by atoms with Crippen molar-refractivity contribution < 1.29 is 4.79 Å². The molecule has 150 valence electrons. The number of hydrogen-bond donors (Lipinski definition) is 0. The van der Waals surface area contributed by atoms with E-state index in [1.165, 1.54) is 21.7 Å². The van der Waals surface area contributed by atoms with E-state index in [9.17, 15) is 4.79 Å². The van der Waals surface area contributed by atoms with Gasteiger partial charge in [0.2, 0.25) is 0 Å². The molecule has 0 saturated carbocycles. The van der Waals surface area contributed by atoms with Crippen molar-refractivity contribution in [3.63, 3.8) is 0 Å². The van der Waals surface area contributed by atoms with E-state index in [1.54, 1.807) is 11.3 Å². The number of benzene rings is 2.